The van der Waals surface area contributed by atoms with E-state index in [1.807, 2.05) is 0 Å². The van der Waals surface area contributed by atoms with Gasteiger partial charge >= 0.3 is 0 Å². The van der Waals surface area contributed by atoms with Gasteiger partial charge in [0.1, 0.15) is 12.1 Å². The molecule has 6 nitrogen and oxygen atoms in total. The van der Waals surface area contributed by atoms with Crippen molar-refractivity contribution in [3.05, 3.63) is 41.7 Å². The lowest BCUT2D eigenvalue weighted by atomic mass is 9.96. The molecule has 24 heavy (non-hydrogen) atoms. The lowest BCUT2D eigenvalue weighted by molar-refractivity contribution is 0.101. The van der Waals surface area contributed by atoms with Gasteiger partial charge in [-0.2, -0.15) is 0 Å². The van der Waals surface area contributed by atoms with Crippen molar-refractivity contribution in [2.75, 3.05) is 5.32 Å². The van der Waals surface area contributed by atoms with Gasteiger partial charge in [-0.3, -0.25) is 4.79 Å². The zero-order chi connectivity index (χ0) is 17.1. The second-order valence-electron chi connectivity index (χ2n) is 6.55. The molecule has 128 valence electrons. The van der Waals surface area contributed by atoms with Gasteiger partial charge in [0.05, 0.1) is 18.4 Å². The van der Waals surface area contributed by atoms with Crippen LogP contribution in [0.5, 0.6) is 0 Å². The van der Waals surface area contributed by atoms with Crippen molar-refractivity contribution < 1.29 is 14.3 Å². The van der Waals surface area contributed by atoms with Crippen molar-refractivity contribution in [3.8, 4) is 0 Å². The molecule has 0 amide bonds. The maximum absolute atomic E-state index is 12.7. The number of furan rings is 1. The molecular weight excluding hydrogens is 306 g/mol. The zero-order valence-corrected chi connectivity index (χ0v) is 14.0. The molecular formula is C18H23N3O3. The van der Waals surface area contributed by atoms with Crippen molar-refractivity contribution in [2.45, 2.75) is 45.8 Å². The molecule has 0 spiro atoms. The number of aromatic nitrogens is 2. The fourth-order valence-electron chi connectivity index (χ4n) is 3.54. The quantitative estimate of drug-likeness (QED) is 0.792. The Hall–Kier alpha value is -2.21. The number of aliphatic hydroxyl groups excluding tert-OH is 1. The molecule has 1 fully saturated rings. The first-order chi connectivity index (χ1) is 11.6. The lowest BCUT2D eigenvalue weighted by Crippen LogP contribution is -2.19. The summed E-state index contributed by atoms with van der Waals surface area (Å²) in [6, 6.07) is 1.86. The standard InChI is InChI=1S/C18H23N3O3/c1-3-13-6-14(4-11(13)2)21-18-15(7-19-10-20-18)17(23)16-5-12(8-22)9-24-16/h5,7,9-11,13-14,22H,3-4,6,8H2,1-2H3,(H,19,20,21)/t11-,13-,14-/m0/s1. The number of rotatable bonds is 6. The molecule has 0 bridgehead atoms. The van der Waals surface area contributed by atoms with Gasteiger partial charge in [-0.15, -0.1) is 0 Å². The van der Waals surface area contributed by atoms with E-state index in [1.54, 1.807) is 6.07 Å². The largest absolute Gasteiger partial charge is 0.460 e. The number of hydrogen-bond acceptors (Lipinski definition) is 6. The number of carbonyl (C=O) groups is 1. The maximum atomic E-state index is 12.7. The minimum absolute atomic E-state index is 0.161. The third-order valence-corrected chi connectivity index (χ3v) is 4.93. The Morgan fingerprint density at radius 3 is 2.96 bits per heavy atom. The van der Waals surface area contributed by atoms with E-state index in [4.69, 9.17) is 9.52 Å². The van der Waals surface area contributed by atoms with Gasteiger partial charge in [-0.1, -0.05) is 20.3 Å². The Kier molecular flexibility index (Phi) is 4.94. The molecule has 0 saturated heterocycles. The first kappa shape index (κ1) is 16.6. The van der Waals surface area contributed by atoms with Gasteiger partial charge in [-0.05, 0) is 30.7 Å². The van der Waals surface area contributed by atoms with E-state index in [1.165, 1.54) is 25.2 Å². The normalized spacial score (nSPS) is 23.4. The van der Waals surface area contributed by atoms with Gasteiger partial charge in [0.2, 0.25) is 5.78 Å². The van der Waals surface area contributed by atoms with E-state index in [0.717, 1.165) is 12.8 Å². The second kappa shape index (κ2) is 7.13. The molecule has 2 heterocycles. The maximum Gasteiger partial charge on any atom is 0.233 e. The average Bonchev–Trinajstić information content (AvgIpc) is 3.21. The Morgan fingerprint density at radius 2 is 2.29 bits per heavy atom. The fourth-order valence-corrected chi connectivity index (χ4v) is 3.54. The molecule has 2 aromatic heterocycles. The van der Waals surface area contributed by atoms with Gasteiger partial charge in [0.15, 0.2) is 5.76 Å². The minimum atomic E-state index is -0.282. The van der Waals surface area contributed by atoms with Crippen LogP contribution in [-0.4, -0.2) is 26.9 Å². The third kappa shape index (κ3) is 3.33. The second-order valence-corrected chi connectivity index (χ2v) is 6.55. The van der Waals surface area contributed by atoms with Crippen LogP contribution in [-0.2, 0) is 6.61 Å². The van der Waals surface area contributed by atoms with E-state index >= 15 is 0 Å². The Balaban J connectivity index is 1.79. The van der Waals surface area contributed by atoms with Crippen LogP contribution in [0.25, 0.3) is 0 Å². The van der Waals surface area contributed by atoms with E-state index in [9.17, 15) is 4.79 Å². The molecule has 0 unspecified atom stereocenters. The smallest absolute Gasteiger partial charge is 0.233 e. The van der Waals surface area contributed by atoms with Crippen molar-refractivity contribution in [1.29, 1.82) is 0 Å². The molecule has 0 aromatic carbocycles. The summed E-state index contributed by atoms with van der Waals surface area (Å²) in [5, 5.41) is 12.5. The summed E-state index contributed by atoms with van der Waals surface area (Å²) in [5.41, 5.74) is 0.962. The number of aliphatic hydroxyl groups is 1. The highest BCUT2D eigenvalue weighted by molar-refractivity contribution is 6.10. The zero-order valence-electron chi connectivity index (χ0n) is 14.0. The SMILES string of the molecule is CC[C@H]1C[C@@H](Nc2ncncc2C(=O)c2cc(CO)co2)C[C@@H]1C. The molecule has 2 N–H and O–H groups in total. The lowest BCUT2D eigenvalue weighted by Gasteiger charge is -2.15. The molecule has 1 saturated carbocycles. The predicted molar refractivity (Wildman–Crippen MR) is 89.7 cm³/mol. The van der Waals surface area contributed by atoms with E-state index in [-0.39, 0.29) is 18.2 Å². The van der Waals surface area contributed by atoms with Crippen LogP contribution in [0.1, 0.15) is 54.8 Å². The summed E-state index contributed by atoms with van der Waals surface area (Å²) < 4.78 is 5.26. The van der Waals surface area contributed by atoms with E-state index in [0.29, 0.717) is 34.8 Å². The van der Waals surface area contributed by atoms with Crippen LogP contribution in [0.15, 0.2) is 29.3 Å². The number of anilines is 1. The molecule has 6 heteroatoms. The summed E-state index contributed by atoms with van der Waals surface area (Å²) in [6.45, 7) is 4.34. The number of nitrogens with zero attached hydrogens (tertiary/aromatic N) is 2. The molecule has 1 aliphatic rings. The van der Waals surface area contributed by atoms with E-state index in [2.05, 4.69) is 29.1 Å². The third-order valence-electron chi connectivity index (χ3n) is 4.93. The molecule has 0 aliphatic heterocycles. The Labute approximate surface area is 141 Å². The van der Waals surface area contributed by atoms with Crippen LogP contribution < -0.4 is 5.32 Å². The number of ketones is 1. The first-order valence-corrected chi connectivity index (χ1v) is 8.41. The fraction of sp³-hybridized carbons (Fsp3) is 0.500. The average molecular weight is 329 g/mol. The topological polar surface area (TPSA) is 88.2 Å². The van der Waals surface area contributed by atoms with Crippen LogP contribution >= 0.6 is 0 Å². The van der Waals surface area contributed by atoms with Crippen molar-refractivity contribution in [3.63, 3.8) is 0 Å². The highest BCUT2D eigenvalue weighted by atomic mass is 16.3. The minimum Gasteiger partial charge on any atom is -0.460 e. The van der Waals surface area contributed by atoms with Gasteiger partial charge in [0.25, 0.3) is 0 Å². The number of carbonyl (C=O) groups excluding carboxylic acids is 1. The monoisotopic (exact) mass is 329 g/mol. The summed E-state index contributed by atoms with van der Waals surface area (Å²) in [4.78, 5) is 20.9. The molecule has 3 atom stereocenters. The summed E-state index contributed by atoms with van der Waals surface area (Å²) in [6.07, 6.45) is 7.67. The van der Waals surface area contributed by atoms with Gasteiger partial charge < -0.3 is 14.8 Å². The van der Waals surface area contributed by atoms with Gasteiger partial charge in [0, 0.05) is 17.8 Å². The van der Waals surface area contributed by atoms with Crippen LogP contribution in [0.4, 0.5) is 5.82 Å². The van der Waals surface area contributed by atoms with Crippen LogP contribution in [0, 0.1) is 11.8 Å². The van der Waals surface area contributed by atoms with E-state index < -0.39 is 0 Å². The molecule has 3 rings (SSSR count). The van der Waals surface area contributed by atoms with Crippen LogP contribution in [0.3, 0.4) is 0 Å². The van der Waals surface area contributed by atoms with Crippen molar-refractivity contribution >= 4 is 11.6 Å². The first-order valence-electron chi connectivity index (χ1n) is 8.41. The molecule has 1 aliphatic carbocycles. The Morgan fingerprint density at radius 1 is 1.46 bits per heavy atom. The summed E-state index contributed by atoms with van der Waals surface area (Å²) in [7, 11) is 0. The van der Waals surface area contributed by atoms with Crippen molar-refractivity contribution in [2.24, 2.45) is 11.8 Å². The predicted octanol–water partition coefficient (Wildman–Crippen LogP) is 3.03. The van der Waals surface area contributed by atoms with Crippen LogP contribution in [0.2, 0.25) is 0 Å². The number of hydrogen-bond donors (Lipinski definition) is 2. The molecule has 0 radical (unpaired) electrons. The van der Waals surface area contributed by atoms with Gasteiger partial charge in [-0.25, -0.2) is 9.97 Å². The molecule has 2 aromatic rings. The Bertz CT molecular complexity index is 713. The summed E-state index contributed by atoms with van der Waals surface area (Å²) in [5.74, 6) is 1.83. The summed E-state index contributed by atoms with van der Waals surface area (Å²) >= 11 is 0. The highest BCUT2D eigenvalue weighted by Crippen LogP contribution is 2.35. The number of nitrogens with one attached hydrogen (secondary N) is 1. The highest BCUT2D eigenvalue weighted by Gasteiger charge is 2.31. The van der Waals surface area contributed by atoms with Crippen molar-refractivity contribution in [1.82, 2.24) is 9.97 Å².